The first-order valence-corrected chi connectivity index (χ1v) is 15.3. The lowest BCUT2D eigenvalue weighted by molar-refractivity contribution is 0.631. The zero-order valence-electron chi connectivity index (χ0n) is 25.3. The van der Waals surface area contributed by atoms with Gasteiger partial charge in [-0.2, -0.15) is 0 Å². The second-order valence-electron chi connectivity index (χ2n) is 11.0. The van der Waals surface area contributed by atoms with Gasteiger partial charge in [-0.1, -0.05) is 25.5 Å². The molecule has 0 unspecified atom stereocenters. The topological polar surface area (TPSA) is 44.0 Å². The van der Waals surface area contributed by atoms with Crippen LogP contribution in [0.5, 0.6) is 0 Å². The summed E-state index contributed by atoms with van der Waals surface area (Å²) in [6, 6.07) is 0. The fraction of sp³-hybridized carbons (Fsp3) is 0.500. The Labute approximate surface area is 235 Å². The van der Waals surface area contributed by atoms with Crippen molar-refractivity contribution >= 4 is 49.2 Å². The van der Waals surface area contributed by atoms with E-state index in [4.69, 9.17) is 0 Å². The molecule has 4 aromatic rings. The van der Waals surface area contributed by atoms with Crippen LogP contribution in [-0.2, 0) is 19.5 Å². The molecule has 0 spiro atoms. The molecule has 0 saturated carbocycles. The standard InChI is InChI=1S/C16H23NOS.C16H21NOS/c2*1-7-17-11(5)13(8-9(2)3)15(18)14-10(4)12(6)19-16(14)17/h9H,7-8H2,1-6H3;8H,7H2,1-6H3. The molecule has 6 heteroatoms. The maximum absolute atomic E-state index is 12.8. The lowest BCUT2D eigenvalue weighted by Crippen LogP contribution is -2.19. The molecular weight excluding hydrogens is 508 g/mol. The van der Waals surface area contributed by atoms with Gasteiger partial charge < -0.3 is 9.13 Å². The van der Waals surface area contributed by atoms with E-state index in [0.717, 1.165) is 79.2 Å². The first kappa shape index (κ1) is 30.1. The van der Waals surface area contributed by atoms with Gasteiger partial charge in [-0.25, -0.2) is 0 Å². The summed E-state index contributed by atoms with van der Waals surface area (Å²) in [6.45, 7) is 27.0. The first-order chi connectivity index (χ1) is 17.8. The number of allylic oxidation sites excluding steroid dienone is 1. The van der Waals surface area contributed by atoms with Gasteiger partial charge in [0, 0.05) is 45.4 Å². The SMILES string of the molecule is CCn1c(C)c(C=C(C)C)c(=O)c2c(C)c(C)sc21.CCn1c(C)c(CC(C)C)c(=O)c2c(C)c(C)sc21. The van der Waals surface area contributed by atoms with Gasteiger partial charge in [0.25, 0.3) is 0 Å². The molecule has 0 aliphatic rings. The number of aryl methyl sites for hydroxylation is 6. The third-order valence-electron chi connectivity index (χ3n) is 7.51. The fourth-order valence-electron chi connectivity index (χ4n) is 5.23. The molecule has 0 radical (unpaired) electrons. The van der Waals surface area contributed by atoms with Crippen LogP contribution in [0, 0.1) is 47.5 Å². The summed E-state index contributed by atoms with van der Waals surface area (Å²) in [5.41, 5.74) is 7.96. The van der Waals surface area contributed by atoms with Gasteiger partial charge in [0.1, 0.15) is 9.66 Å². The Morgan fingerprint density at radius 1 is 0.763 bits per heavy atom. The maximum Gasteiger partial charge on any atom is 0.198 e. The summed E-state index contributed by atoms with van der Waals surface area (Å²) < 4.78 is 4.56. The maximum atomic E-state index is 12.8. The Kier molecular flexibility index (Phi) is 9.31. The van der Waals surface area contributed by atoms with Crippen LogP contribution in [0.2, 0.25) is 0 Å². The van der Waals surface area contributed by atoms with Crippen molar-refractivity contribution in [3.05, 3.63) is 69.4 Å². The largest absolute Gasteiger partial charge is 0.337 e. The molecule has 206 valence electrons. The highest BCUT2D eigenvalue weighted by molar-refractivity contribution is 7.19. The molecule has 0 aliphatic heterocycles. The highest BCUT2D eigenvalue weighted by Gasteiger charge is 2.19. The molecule has 4 aromatic heterocycles. The Morgan fingerprint density at radius 2 is 1.21 bits per heavy atom. The van der Waals surface area contributed by atoms with Crippen LogP contribution in [0.25, 0.3) is 26.5 Å². The van der Waals surface area contributed by atoms with E-state index in [1.807, 2.05) is 26.8 Å². The second kappa shape index (κ2) is 11.7. The summed E-state index contributed by atoms with van der Waals surface area (Å²) >= 11 is 3.48. The summed E-state index contributed by atoms with van der Waals surface area (Å²) in [5.74, 6) is 0.509. The van der Waals surface area contributed by atoms with Gasteiger partial charge in [-0.3, -0.25) is 9.59 Å². The molecule has 0 amide bonds. The predicted molar refractivity (Wildman–Crippen MR) is 170 cm³/mol. The minimum Gasteiger partial charge on any atom is -0.337 e. The molecule has 0 aromatic carbocycles. The van der Waals surface area contributed by atoms with E-state index in [-0.39, 0.29) is 10.9 Å². The normalized spacial score (nSPS) is 11.4. The number of aromatic nitrogens is 2. The highest BCUT2D eigenvalue weighted by Crippen LogP contribution is 2.31. The molecule has 0 bridgehead atoms. The molecule has 0 fully saturated rings. The zero-order chi connectivity index (χ0) is 28.6. The molecule has 4 rings (SSSR count). The number of hydrogen-bond donors (Lipinski definition) is 0. The van der Waals surface area contributed by atoms with E-state index in [1.54, 1.807) is 22.7 Å². The molecule has 0 N–H and O–H groups in total. The van der Waals surface area contributed by atoms with Crippen molar-refractivity contribution < 1.29 is 0 Å². The second-order valence-corrected chi connectivity index (χ2v) is 13.4. The predicted octanol–water partition coefficient (Wildman–Crippen LogP) is 8.64. The number of rotatable bonds is 5. The quantitative estimate of drug-likeness (QED) is 0.249. The summed E-state index contributed by atoms with van der Waals surface area (Å²) in [4.78, 5) is 30.3. The molecule has 38 heavy (non-hydrogen) atoms. The van der Waals surface area contributed by atoms with Crippen molar-refractivity contribution in [3.63, 3.8) is 0 Å². The number of fused-ring (bicyclic) bond motifs is 2. The van der Waals surface area contributed by atoms with Crippen molar-refractivity contribution in [2.24, 2.45) is 5.92 Å². The minimum atomic E-state index is 0.181. The van der Waals surface area contributed by atoms with Crippen molar-refractivity contribution in [1.82, 2.24) is 9.13 Å². The van der Waals surface area contributed by atoms with E-state index < -0.39 is 0 Å². The van der Waals surface area contributed by atoms with E-state index in [0.29, 0.717) is 5.92 Å². The Bertz CT molecular complexity index is 1650. The van der Waals surface area contributed by atoms with E-state index in [2.05, 4.69) is 71.4 Å². The van der Waals surface area contributed by atoms with E-state index in [9.17, 15) is 9.59 Å². The van der Waals surface area contributed by atoms with Crippen LogP contribution in [0.1, 0.15) is 84.9 Å². The van der Waals surface area contributed by atoms with Crippen molar-refractivity contribution in [2.45, 2.75) is 103 Å². The first-order valence-electron chi connectivity index (χ1n) is 13.7. The Hall–Kier alpha value is -2.44. The van der Waals surface area contributed by atoms with Crippen LogP contribution in [0.3, 0.4) is 0 Å². The highest BCUT2D eigenvalue weighted by atomic mass is 32.1. The van der Waals surface area contributed by atoms with E-state index in [1.165, 1.54) is 9.75 Å². The number of hydrogen-bond acceptors (Lipinski definition) is 4. The van der Waals surface area contributed by atoms with Crippen molar-refractivity contribution in [3.8, 4) is 0 Å². The van der Waals surface area contributed by atoms with Crippen LogP contribution < -0.4 is 10.9 Å². The summed E-state index contributed by atoms with van der Waals surface area (Å²) in [5, 5.41) is 1.85. The summed E-state index contributed by atoms with van der Waals surface area (Å²) in [7, 11) is 0. The van der Waals surface area contributed by atoms with Crippen LogP contribution in [0.4, 0.5) is 0 Å². The zero-order valence-corrected chi connectivity index (χ0v) is 26.9. The Morgan fingerprint density at radius 3 is 1.63 bits per heavy atom. The van der Waals surface area contributed by atoms with Gasteiger partial charge in [0.2, 0.25) is 0 Å². The summed E-state index contributed by atoms with van der Waals surface area (Å²) in [6.07, 6.45) is 2.88. The Balaban J connectivity index is 0.000000211. The lowest BCUT2D eigenvalue weighted by atomic mass is 9.99. The third kappa shape index (κ3) is 5.35. The van der Waals surface area contributed by atoms with Crippen molar-refractivity contribution in [2.75, 3.05) is 0 Å². The van der Waals surface area contributed by atoms with Crippen LogP contribution in [-0.4, -0.2) is 9.13 Å². The lowest BCUT2D eigenvalue weighted by Gasteiger charge is -2.16. The number of thiophene rings is 2. The molecule has 0 atom stereocenters. The molecular formula is C32H44N2O2S2. The molecule has 0 saturated heterocycles. The average Bonchev–Trinajstić information content (AvgIpc) is 3.30. The van der Waals surface area contributed by atoms with Gasteiger partial charge in [-0.05, 0) is 92.7 Å². The minimum absolute atomic E-state index is 0.181. The third-order valence-corrected chi connectivity index (χ3v) is 9.97. The van der Waals surface area contributed by atoms with Crippen molar-refractivity contribution in [1.29, 1.82) is 0 Å². The van der Waals surface area contributed by atoms with Crippen LogP contribution >= 0.6 is 22.7 Å². The van der Waals surface area contributed by atoms with E-state index >= 15 is 0 Å². The molecule has 4 heterocycles. The smallest absolute Gasteiger partial charge is 0.198 e. The average molecular weight is 553 g/mol. The van der Waals surface area contributed by atoms with Crippen LogP contribution in [0.15, 0.2) is 15.2 Å². The van der Waals surface area contributed by atoms with Gasteiger partial charge in [-0.15, -0.1) is 22.7 Å². The van der Waals surface area contributed by atoms with Gasteiger partial charge >= 0.3 is 0 Å². The number of pyridine rings is 2. The fourth-order valence-corrected chi connectivity index (χ4v) is 7.77. The monoisotopic (exact) mass is 552 g/mol. The van der Waals surface area contributed by atoms with Gasteiger partial charge in [0.15, 0.2) is 10.9 Å². The molecule has 4 nitrogen and oxygen atoms in total. The molecule has 0 aliphatic carbocycles. The number of nitrogens with zero attached hydrogens (tertiary/aromatic N) is 2. The van der Waals surface area contributed by atoms with Gasteiger partial charge in [0.05, 0.1) is 10.8 Å².